The van der Waals surface area contributed by atoms with Gasteiger partial charge in [0.15, 0.2) is 0 Å². The summed E-state index contributed by atoms with van der Waals surface area (Å²) < 4.78 is 9.56. The van der Waals surface area contributed by atoms with Crippen LogP contribution in [0.1, 0.15) is 24.7 Å². The van der Waals surface area contributed by atoms with Crippen molar-refractivity contribution in [1.29, 1.82) is 0 Å². The van der Waals surface area contributed by atoms with Gasteiger partial charge >= 0.3 is 0 Å². The Morgan fingerprint density at radius 1 is 1.50 bits per heavy atom. The van der Waals surface area contributed by atoms with Gasteiger partial charge in [0.1, 0.15) is 15.0 Å². The van der Waals surface area contributed by atoms with Crippen LogP contribution in [0.3, 0.4) is 0 Å². The van der Waals surface area contributed by atoms with Crippen molar-refractivity contribution in [1.82, 2.24) is 9.55 Å². The Labute approximate surface area is 100 Å². The Hall–Kier alpha value is 0.130. The van der Waals surface area contributed by atoms with Crippen LogP contribution in [0.5, 0.6) is 0 Å². The Balaban J connectivity index is 2.29. The Bertz CT molecular complexity index is 332. The van der Waals surface area contributed by atoms with Crippen LogP contribution in [0.2, 0.25) is 0 Å². The summed E-state index contributed by atoms with van der Waals surface area (Å²) in [6, 6.07) is 0.428. The predicted octanol–water partition coefficient (Wildman–Crippen LogP) is 3.07. The van der Waals surface area contributed by atoms with E-state index in [1.165, 1.54) is 6.42 Å². The van der Waals surface area contributed by atoms with E-state index in [2.05, 4.69) is 41.4 Å². The van der Waals surface area contributed by atoms with Gasteiger partial charge in [0.2, 0.25) is 0 Å². The third-order valence-electron chi connectivity index (χ3n) is 2.49. The fraction of sp³-hybridized carbons (Fsp3) is 0.667. The van der Waals surface area contributed by atoms with Gasteiger partial charge in [-0.3, -0.25) is 0 Å². The van der Waals surface area contributed by atoms with Crippen LogP contribution < -0.4 is 0 Å². The molecule has 0 N–H and O–H groups in total. The number of aryl methyl sites for hydroxylation is 1. The third-order valence-corrected chi connectivity index (χ3v) is 4.33. The summed E-state index contributed by atoms with van der Waals surface area (Å²) >= 11 is 6.95. The molecule has 1 aromatic rings. The first-order valence-corrected chi connectivity index (χ1v) is 6.26. The second-order valence-electron chi connectivity index (χ2n) is 3.48. The van der Waals surface area contributed by atoms with E-state index in [4.69, 9.17) is 4.74 Å². The largest absolute Gasteiger partial charge is 0.379 e. The Morgan fingerprint density at radius 3 is 2.79 bits per heavy atom. The molecule has 0 aliphatic carbocycles. The van der Waals surface area contributed by atoms with Gasteiger partial charge in [0.25, 0.3) is 0 Å². The number of halogens is 2. The lowest BCUT2D eigenvalue weighted by Gasteiger charge is -2.25. The molecule has 1 fully saturated rings. The predicted molar refractivity (Wildman–Crippen MR) is 61.5 cm³/mol. The molecular formula is C9H12Br2N2O. The minimum Gasteiger partial charge on any atom is -0.379 e. The fourth-order valence-electron chi connectivity index (χ4n) is 1.84. The molecule has 3 nitrogen and oxygen atoms in total. The van der Waals surface area contributed by atoms with E-state index >= 15 is 0 Å². The van der Waals surface area contributed by atoms with Gasteiger partial charge < -0.3 is 9.30 Å². The number of nitrogens with zero attached hydrogens (tertiary/aromatic N) is 2. The van der Waals surface area contributed by atoms with Crippen molar-refractivity contribution < 1.29 is 4.74 Å². The maximum absolute atomic E-state index is 5.47. The van der Waals surface area contributed by atoms with E-state index in [0.717, 1.165) is 34.7 Å². The molecule has 1 aromatic heterocycles. The number of ether oxygens (including phenoxy) is 1. The van der Waals surface area contributed by atoms with Gasteiger partial charge in [0.05, 0.1) is 12.6 Å². The summed E-state index contributed by atoms with van der Waals surface area (Å²) in [4.78, 5) is 4.36. The summed E-state index contributed by atoms with van der Waals surface area (Å²) in [5.41, 5.74) is 0. The molecule has 0 spiro atoms. The maximum Gasteiger partial charge on any atom is 0.139 e. The van der Waals surface area contributed by atoms with Gasteiger partial charge in [-0.15, -0.1) is 0 Å². The van der Waals surface area contributed by atoms with Crippen LogP contribution in [0.15, 0.2) is 9.21 Å². The molecule has 5 heteroatoms. The molecule has 0 bridgehead atoms. The second kappa shape index (κ2) is 4.33. The van der Waals surface area contributed by atoms with E-state index in [1.807, 2.05) is 6.92 Å². The van der Waals surface area contributed by atoms with Crippen LogP contribution in [0.25, 0.3) is 0 Å². The molecule has 78 valence electrons. The van der Waals surface area contributed by atoms with Crippen molar-refractivity contribution in [2.24, 2.45) is 0 Å². The Kier molecular flexibility index (Phi) is 3.29. The summed E-state index contributed by atoms with van der Waals surface area (Å²) in [7, 11) is 0. The van der Waals surface area contributed by atoms with Gasteiger partial charge in [0, 0.05) is 6.61 Å². The quantitative estimate of drug-likeness (QED) is 0.794. The standard InChI is InChI=1S/C9H12Br2N2O/c1-6-12-8(10)9(11)13(6)7-3-2-4-14-5-7/h7H,2-5H2,1H3. The van der Waals surface area contributed by atoms with E-state index in [9.17, 15) is 0 Å². The van der Waals surface area contributed by atoms with Crippen LogP contribution in [0, 0.1) is 6.92 Å². The highest BCUT2D eigenvalue weighted by Gasteiger charge is 2.21. The van der Waals surface area contributed by atoms with Crippen molar-refractivity contribution >= 4 is 31.9 Å². The number of rotatable bonds is 1. The zero-order valence-corrected chi connectivity index (χ0v) is 11.1. The summed E-state index contributed by atoms with van der Waals surface area (Å²) in [6.07, 6.45) is 2.30. The topological polar surface area (TPSA) is 27.1 Å². The van der Waals surface area contributed by atoms with E-state index in [0.29, 0.717) is 6.04 Å². The minimum absolute atomic E-state index is 0.428. The number of hydrogen-bond donors (Lipinski definition) is 0. The SMILES string of the molecule is Cc1nc(Br)c(Br)n1C1CCCOC1. The van der Waals surface area contributed by atoms with Gasteiger partial charge in [-0.25, -0.2) is 4.98 Å². The molecule has 0 radical (unpaired) electrons. The Morgan fingerprint density at radius 2 is 2.29 bits per heavy atom. The van der Waals surface area contributed by atoms with Gasteiger partial charge in [-0.2, -0.15) is 0 Å². The van der Waals surface area contributed by atoms with Gasteiger partial charge in [-0.1, -0.05) is 0 Å². The first-order valence-electron chi connectivity index (χ1n) is 4.67. The number of hydrogen-bond acceptors (Lipinski definition) is 2. The van der Waals surface area contributed by atoms with Crippen molar-refractivity contribution in [2.45, 2.75) is 25.8 Å². The van der Waals surface area contributed by atoms with Gasteiger partial charge in [-0.05, 0) is 51.6 Å². The average Bonchev–Trinajstić information content (AvgIpc) is 2.43. The lowest BCUT2D eigenvalue weighted by Crippen LogP contribution is -2.22. The van der Waals surface area contributed by atoms with Crippen molar-refractivity contribution in [3.05, 3.63) is 15.0 Å². The highest BCUT2D eigenvalue weighted by molar-refractivity contribution is 9.13. The molecule has 1 saturated heterocycles. The molecular weight excluding hydrogens is 312 g/mol. The molecule has 1 aliphatic rings. The number of aromatic nitrogens is 2. The first kappa shape index (κ1) is 10.6. The molecule has 0 aromatic carbocycles. The third kappa shape index (κ3) is 1.90. The van der Waals surface area contributed by atoms with Crippen molar-refractivity contribution in [2.75, 3.05) is 13.2 Å². The zero-order valence-electron chi connectivity index (χ0n) is 7.96. The lowest BCUT2D eigenvalue weighted by atomic mass is 10.1. The summed E-state index contributed by atoms with van der Waals surface area (Å²) in [5.74, 6) is 1.03. The van der Waals surface area contributed by atoms with Crippen LogP contribution in [-0.2, 0) is 4.74 Å². The maximum atomic E-state index is 5.47. The highest BCUT2D eigenvalue weighted by Crippen LogP contribution is 2.30. The van der Waals surface area contributed by atoms with E-state index in [-0.39, 0.29) is 0 Å². The lowest BCUT2D eigenvalue weighted by molar-refractivity contribution is 0.0577. The molecule has 1 atom stereocenters. The van der Waals surface area contributed by atoms with E-state index in [1.54, 1.807) is 0 Å². The van der Waals surface area contributed by atoms with Crippen LogP contribution >= 0.6 is 31.9 Å². The van der Waals surface area contributed by atoms with Crippen molar-refractivity contribution in [3.63, 3.8) is 0 Å². The first-order chi connectivity index (χ1) is 6.70. The molecule has 2 heterocycles. The van der Waals surface area contributed by atoms with Crippen molar-refractivity contribution in [3.8, 4) is 0 Å². The molecule has 2 rings (SSSR count). The van der Waals surface area contributed by atoms with Crippen LogP contribution in [0.4, 0.5) is 0 Å². The van der Waals surface area contributed by atoms with Crippen LogP contribution in [-0.4, -0.2) is 22.8 Å². The smallest absolute Gasteiger partial charge is 0.139 e. The highest BCUT2D eigenvalue weighted by atomic mass is 79.9. The second-order valence-corrected chi connectivity index (χ2v) is 4.98. The zero-order chi connectivity index (χ0) is 10.1. The molecule has 1 aliphatic heterocycles. The molecule has 0 amide bonds. The molecule has 1 unspecified atom stereocenters. The monoisotopic (exact) mass is 322 g/mol. The summed E-state index contributed by atoms with van der Waals surface area (Å²) in [6.45, 7) is 3.70. The minimum atomic E-state index is 0.428. The van der Waals surface area contributed by atoms with E-state index < -0.39 is 0 Å². The normalized spacial score (nSPS) is 22.6. The fourth-order valence-corrected chi connectivity index (χ4v) is 2.92. The average molecular weight is 324 g/mol. The molecule has 14 heavy (non-hydrogen) atoms. The summed E-state index contributed by atoms with van der Waals surface area (Å²) in [5, 5.41) is 0. The number of imidazole rings is 1. The molecule has 0 saturated carbocycles.